The van der Waals surface area contributed by atoms with Crippen LogP contribution in [0.5, 0.6) is 0 Å². The largest absolute Gasteiger partial charge is 0.325 e. The molecule has 0 bridgehead atoms. The minimum atomic E-state index is -0.636. The molecule has 4 aromatic rings. The smallest absolute Gasteiger partial charge is 0.262 e. The third-order valence-corrected chi connectivity index (χ3v) is 8.06. The highest BCUT2D eigenvalue weighted by atomic mass is 32.2. The van der Waals surface area contributed by atoms with Gasteiger partial charge in [-0.05, 0) is 54.7 Å². The number of fused-ring (bicyclic) bond motifs is 3. The molecule has 2 aromatic heterocycles. The van der Waals surface area contributed by atoms with E-state index in [0.717, 1.165) is 40.6 Å². The number of benzene rings is 2. The van der Waals surface area contributed by atoms with Gasteiger partial charge in [-0.15, -0.1) is 11.3 Å². The molecule has 0 radical (unpaired) electrons. The van der Waals surface area contributed by atoms with Crippen LogP contribution in [0.2, 0.25) is 0 Å². The van der Waals surface area contributed by atoms with Gasteiger partial charge in [0, 0.05) is 17.6 Å². The van der Waals surface area contributed by atoms with Crippen molar-refractivity contribution < 1.29 is 9.18 Å². The molecule has 1 amide bonds. The van der Waals surface area contributed by atoms with E-state index >= 15 is 0 Å². The Morgan fingerprint density at radius 2 is 1.91 bits per heavy atom. The maximum Gasteiger partial charge on any atom is 0.262 e. The van der Waals surface area contributed by atoms with Crippen molar-refractivity contribution in [1.82, 2.24) is 9.55 Å². The number of anilines is 1. The van der Waals surface area contributed by atoms with Gasteiger partial charge in [0.25, 0.3) is 5.56 Å². The lowest BCUT2D eigenvalue weighted by Gasteiger charge is -2.18. The zero-order valence-electron chi connectivity index (χ0n) is 17.3. The first-order chi connectivity index (χ1) is 15.5. The number of nitrogens with zero attached hydrogens (tertiary/aromatic N) is 2. The van der Waals surface area contributed by atoms with Crippen molar-refractivity contribution in [2.24, 2.45) is 7.05 Å². The molecule has 0 saturated carbocycles. The molecule has 5 rings (SSSR count). The van der Waals surface area contributed by atoms with E-state index in [0.29, 0.717) is 10.8 Å². The highest BCUT2D eigenvalue weighted by molar-refractivity contribution is 8.00. The van der Waals surface area contributed by atoms with E-state index < -0.39 is 5.25 Å². The minimum absolute atomic E-state index is 0.0670. The number of aromatic nitrogens is 2. The number of rotatable bonds is 5. The van der Waals surface area contributed by atoms with E-state index in [4.69, 9.17) is 4.98 Å². The molecule has 2 aromatic carbocycles. The summed E-state index contributed by atoms with van der Waals surface area (Å²) in [6, 6.07) is 15.0. The number of carbonyl (C=O) groups excluding carboxylic acids is 1. The Hall–Kier alpha value is -2.97. The molecule has 1 aliphatic carbocycles. The Balaban J connectivity index is 1.52. The van der Waals surface area contributed by atoms with E-state index in [2.05, 4.69) is 5.32 Å². The zero-order chi connectivity index (χ0) is 22.2. The third kappa shape index (κ3) is 3.84. The molecule has 1 aliphatic rings. The molecule has 0 saturated heterocycles. The normalized spacial score (nSPS) is 13.8. The van der Waals surface area contributed by atoms with E-state index in [1.165, 1.54) is 40.9 Å². The first-order valence-corrected chi connectivity index (χ1v) is 12.0. The van der Waals surface area contributed by atoms with Crippen LogP contribution < -0.4 is 10.9 Å². The van der Waals surface area contributed by atoms with Crippen LogP contribution in [-0.2, 0) is 24.7 Å². The van der Waals surface area contributed by atoms with Crippen LogP contribution in [0.25, 0.3) is 10.2 Å². The van der Waals surface area contributed by atoms with Crippen LogP contribution in [-0.4, -0.2) is 15.5 Å². The van der Waals surface area contributed by atoms with Crippen LogP contribution in [0, 0.1) is 5.82 Å². The Bertz CT molecular complexity index is 1360. The van der Waals surface area contributed by atoms with Crippen molar-refractivity contribution in [2.75, 3.05) is 5.32 Å². The Labute approximate surface area is 192 Å². The second-order valence-corrected chi connectivity index (χ2v) is 9.86. The predicted molar refractivity (Wildman–Crippen MR) is 127 cm³/mol. The van der Waals surface area contributed by atoms with Crippen molar-refractivity contribution in [3.8, 4) is 0 Å². The fraction of sp³-hybridized carbons (Fsp3) is 0.208. The lowest BCUT2D eigenvalue weighted by molar-refractivity contribution is -0.115. The van der Waals surface area contributed by atoms with Crippen molar-refractivity contribution >= 4 is 44.9 Å². The number of hydrogen-bond acceptors (Lipinski definition) is 5. The monoisotopic (exact) mass is 465 g/mol. The number of thioether (sulfide) groups is 1. The topological polar surface area (TPSA) is 64.0 Å². The molecule has 0 spiro atoms. The van der Waals surface area contributed by atoms with Gasteiger partial charge >= 0.3 is 0 Å². The number of aryl methyl sites for hydroxylation is 2. The zero-order valence-corrected chi connectivity index (χ0v) is 18.9. The van der Waals surface area contributed by atoms with Crippen molar-refractivity contribution in [3.63, 3.8) is 0 Å². The second kappa shape index (κ2) is 8.52. The average Bonchev–Trinajstić information content (AvgIpc) is 3.38. The van der Waals surface area contributed by atoms with Gasteiger partial charge in [-0.3, -0.25) is 14.2 Å². The van der Waals surface area contributed by atoms with Crippen LogP contribution in [0.3, 0.4) is 0 Å². The Morgan fingerprint density at radius 1 is 1.16 bits per heavy atom. The first kappa shape index (κ1) is 20.9. The number of nitrogens with one attached hydrogen (secondary N) is 1. The summed E-state index contributed by atoms with van der Waals surface area (Å²) in [6.07, 6.45) is 3.00. The highest BCUT2D eigenvalue weighted by Crippen LogP contribution is 2.38. The maximum absolute atomic E-state index is 13.2. The summed E-state index contributed by atoms with van der Waals surface area (Å²) < 4.78 is 14.8. The fourth-order valence-electron chi connectivity index (χ4n) is 3.96. The molecule has 8 heteroatoms. The molecular formula is C24H20FN3O2S2. The molecular weight excluding hydrogens is 445 g/mol. The van der Waals surface area contributed by atoms with Gasteiger partial charge < -0.3 is 5.32 Å². The van der Waals surface area contributed by atoms with Gasteiger partial charge in [0.2, 0.25) is 5.91 Å². The van der Waals surface area contributed by atoms with E-state index in [-0.39, 0.29) is 17.3 Å². The summed E-state index contributed by atoms with van der Waals surface area (Å²) in [4.78, 5) is 33.2. The predicted octanol–water partition coefficient (Wildman–Crippen LogP) is 5.09. The van der Waals surface area contributed by atoms with Crippen LogP contribution in [0.15, 0.2) is 64.5 Å². The van der Waals surface area contributed by atoms with E-state index in [1.54, 1.807) is 23.0 Å². The van der Waals surface area contributed by atoms with Crippen molar-refractivity contribution in [2.45, 2.75) is 29.7 Å². The fourth-order valence-corrected chi connectivity index (χ4v) is 6.32. The number of carbonyl (C=O) groups is 1. The number of hydrogen-bond donors (Lipinski definition) is 1. The molecule has 1 unspecified atom stereocenters. The van der Waals surface area contributed by atoms with Crippen LogP contribution >= 0.6 is 23.1 Å². The SMILES string of the molecule is Cn1c(SC(C(=O)Nc2ccc(F)cc2)c2ccccc2)nc2sc3c(c2c1=O)CCC3. The van der Waals surface area contributed by atoms with Crippen LogP contribution in [0.4, 0.5) is 10.1 Å². The van der Waals surface area contributed by atoms with Gasteiger partial charge in [0.15, 0.2) is 5.16 Å². The maximum atomic E-state index is 13.2. The van der Waals surface area contributed by atoms with E-state index in [9.17, 15) is 14.0 Å². The Kier molecular flexibility index (Phi) is 5.57. The molecule has 5 nitrogen and oxygen atoms in total. The van der Waals surface area contributed by atoms with Gasteiger partial charge in [0.05, 0.1) is 5.39 Å². The molecule has 162 valence electrons. The van der Waals surface area contributed by atoms with E-state index in [1.807, 2.05) is 30.3 Å². The number of halogens is 1. The summed E-state index contributed by atoms with van der Waals surface area (Å²) >= 11 is 2.83. The van der Waals surface area contributed by atoms with Gasteiger partial charge in [-0.1, -0.05) is 42.1 Å². The summed E-state index contributed by atoms with van der Waals surface area (Å²) in [6.45, 7) is 0. The van der Waals surface area contributed by atoms with Gasteiger partial charge in [0.1, 0.15) is 15.9 Å². The first-order valence-electron chi connectivity index (χ1n) is 10.3. The molecule has 1 N–H and O–H groups in total. The summed E-state index contributed by atoms with van der Waals surface area (Å²) in [5, 5.41) is 3.43. The molecule has 32 heavy (non-hydrogen) atoms. The summed E-state index contributed by atoms with van der Waals surface area (Å²) in [7, 11) is 1.70. The Morgan fingerprint density at radius 3 is 2.66 bits per heavy atom. The molecule has 1 atom stereocenters. The summed E-state index contributed by atoms with van der Waals surface area (Å²) in [5.41, 5.74) is 2.37. The molecule has 2 heterocycles. The number of amides is 1. The quantitative estimate of drug-likeness (QED) is 0.329. The lowest BCUT2D eigenvalue weighted by Crippen LogP contribution is -2.23. The second-order valence-electron chi connectivity index (χ2n) is 7.70. The molecule has 0 fully saturated rings. The third-order valence-electron chi connectivity index (χ3n) is 5.58. The van der Waals surface area contributed by atoms with Crippen molar-refractivity contribution in [1.29, 1.82) is 0 Å². The summed E-state index contributed by atoms with van der Waals surface area (Å²) in [5.74, 6) is -0.636. The van der Waals surface area contributed by atoms with Gasteiger partial charge in [-0.2, -0.15) is 0 Å². The minimum Gasteiger partial charge on any atom is -0.325 e. The highest BCUT2D eigenvalue weighted by Gasteiger charge is 2.27. The number of thiophene rings is 1. The standard InChI is InChI=1S/C24H20FN3O2S2/c1-28-23(30)19-17-8-5-9-18(17)31-22(19)27-24(28)32-20(14-6-3-2-4-7-14)21(29)26-16-12-10-15(25)11-13-16/h2-4,6-7,10-13,20H,5,8-9H2,1H3,(H,26,29). The lowest BCUT2D eigenvalue weighted by atomic mass is 10.1. The van der Waals surface area contributed by atoms with Gasteiger partial charge in [-0.25, -0.2) is 9.37 Å². The average molecular weight is 466 g/mol. The van der Waals surface area contributed by atoms with Crippen LogP contribution in [0.1, 0.15) is 27.7 Å². The molecule has 0 aliphatic heterocycles. The van der Waals surface area contributed by atoms with Crippen molar-refractivity contribution in [3.05, 3.63) is 86.8 Å².